The summed E-state index contributed by atoms with van der Waals surface area (Å²) in [6.07, 6.45) is 3.97. The molecule has 0 aliphatic rings. The Kier molecular flexibility index (Phi) is 5.75. The Morgan fingerprint density at radius 3 is 2.86 bits per heavy atom. The van der Waals surface area contributed by atoms with Gasteiger partial charge in [-0.15, -0.1) is 5.10 Å². The molecule has 0 radical (unpaired) electrons. The van der Waals surface area contributed by atoms with Crippen LogP contribution in [-0.2, 0) is 6.54 Å². The van der Waals surface area contributed by atoms with Gasteiger partial charge in [0.15, 0.2) is 0 Å². The molecule has 114 valence electrons. The maximum Gasteiger partial charge on any atom is 0.119 e. The summed E-state index contributed by atoms with van der Waals surface area (Å²) in [5.41, 5.74) is 2.26. The summed E-state index contributed by atoms with van der Waals surface area (Å²) >= 11 is 0. The van der Waals surface area contributed by atoms with Crippen LogP contribution in [0.25, 0.3) is 0 Å². The van der Waals surface area contributed by atoms with Crippen LogP contribution in [0.1, 0.15) is 44.0 Å². The number of aromatic nitrogens is 3. The summed E-state index contributed by atoms with van der Waals surface area (Å²) in [5, 5.41) is 11.9. The summed E-state index contributed by atoms with van der Waals surface area (Å²) in [6.45, 7) is 6.13. The first-order chi connectivity index (χ1) is 10.3. The highest BCUT2D eigenvalue weighted by Gasteiger charge is 2.18. The van der Waals surface area contributed by atoms with Crippen molar-refractivity contribution in [3.05, 3.63) is 41.7 Å². The topological polar surface area (TPSA) is 52.0 Å². The monoisotopic (exact) mass is 288 g/mol. The number of rotatable bonds is 8. The van der Waals surface area contributed by atoms with Crippen molar-refractivity contribution in [3.8, 4) is 5.75 Å². The summed E-state index contributed by atoms with van der Waals surface area (Å²) in [5.74, 6) is 0.866. The van der Waals surface area contributed by atoms with Gasteiger partial charge in [-0.05, 0) is 37.1 Å². The van der Waals surface area contributed by atoms with Gasteiger partial charge in [0.1, 0.15) is 5.75 Å². The van der Waals surface area contributed by atoms with E-state index in [1.807, 2.05) is 23.0 Å². The van der Waals surface area contributed by atoms with Crippen molar-refractivity contribution >= 4 is 0 Å². The van der Waals surface area contributed by atoms with Gasteiger partial charge in [-0.2, -0.15) is 0 Å². The van der Waals surface area contributed by atoms with E-state index in [1.54, 1.807) is 7.11 Å². The first-order valence-electron chi connectivity index (χ1n) is 7.55. The number of hydrogen-bond acceptors (Lipinski definition) is 4. The summed E-state index contributed by atoms with van der Waals surface area (Å²) in [4.78, 5) is 0. The van der Waals surface area contributed by atoms with E-state index in [0.717, 1.165) is 37.4 Å². The fourth-order valence-electron chi connectivity index (χ4n) is 2.38. The lowest BCUT2D eigenvalue weighted by Crippen LogP contribution is -2.26. The first-order valence-corrected chi connectivity index (χ1v) is 7.55. The molecule has 0 amide bonds. The quantitative estimate of drug-likeness (QED) is 0.811. The SMILES string of the molecule is CCCNC(c1cccc(OC)c1)c1cnnn1CCC. The minimum absolute atomic E-state index is 0.0848. The van der Waals surface area contributed by atoms with Gasteiger partial charge in [0, 0.05) is 6.54 Å². The van der Waals surface area contributed by atoms with Crippen molar-refractivity contribution in [2.75, 3.05) is 13.7 Å². The van der Waals surface area contributed by atoms with E-state index >= 15 is 0 Å². The van der Waals surface area contributed by atoms with Gasteiger partial charge in [-0.25, -0.2) is 4.68 Å². The van der Waals surface area contributed by atoms with E-state index in [1.165, 1.54) is 5.56 Å². The standard InChI is InChI=1S/C16H24N4O/c1-4-9-17-16(13-7-6-8-14(11-13)21-3)15-12-18-19-20(15)10-5-2/h6-8,11-12,16-17H,4-5,9-10H2,1-3H3. The third-order valence-electron chi connectivity index (χ3n) is 3.40. The third kappa shape index (κ3) is 3.82. The van der Waals surface area contributed by atoms with Gasteiger partial charge in [0.2, 0.25) is 0 Å². The molecule has 0 aliphatic heterocycles. The average Bonchev–Trinajstić information content (AvgIpc) is 2.97. The van der Waals surface area contributed by atoms with E-state index in [9.17, 15) is 0 Å². The van der Waals surface area contributed by atoms with Crippen LogP contribution in [0.4, 0.5) is 0 Å². The molecule has 0 aliphatic carbocycles. The second-order valence-corrected chi connectivity index (χ2v) is 5.05. The third-order valence-corrected chi connectivity index (χ3v) is 3.40. The fraction of sp³-hybridized carbons (Fsp3) is 0.500. The Bertz CT molecular complexity index is 553. The molecule has 1 atom stereocenters. The predicted molar refractivity (Wildman–Crippen MR) is 83.4 cm³/mol. The summed E-state index contributed by atoms with van der Waals surface area (Å²) < 4.78 is 7.32. The van der Waals surface area contributed by atoms with Gasteiger partial charge in [0.25, 0.3) is 0 Å². The molecule has 1 N–H and O–H groups in total. The van der Waals surface area contributed by atoms with E-state index in [-0.39, 0.29) is 6.04 Å². The van der Waals surface area contributed by atoms with E-state index < -0.39 is 0 Å². The minimum Gasteiger partial charge on any atom is -0.497 e. The number of benzene rings is 1. The molecular weight excluding hydrogens is 264 g/mol. The van der Waals surface area contributed by atoms with Crippen LogP contribution >= 0.6 is 0 Å². The van der Waals surface area contributed by atoms with Crippen molar-refractivity contribution in [1.82, 2.24) is 20.3 Å². The number of nitrogens with one attached hydrogen (secondary N) is 1. The average molecular weight is 288 g/mol. The highest BCUT2D eigenvalue weighted by Crippen LogP contribution is 2.24. The minimum atomic E-state index is 0.0848. The van der Waals surface area contributed by atoms with Gasteiger partial charge < -0.3 is 10.1 Å². The van der Waals surface area contributed by atoms with Crippen molar-refractivity contribution < 1.29 is 4.74 Å². The molecule has 0 saturated carbocycles. The molecule has 1 heterocycles. The highest BCUT2D eigenvalue weighted by atomic mass is 16.5. The molecule has 0 fully saturated rings. The highest BCUT2D eigenvalue weighted by molar-refractivity contribution is 5.34. The Balaban J connectivity index is 2.34. The summed E-state index contributed by atoms with van der Waals surface area (Å²) in [6, 6.07) is 8.24. The first kappa shape index (κ1) is 15.5. The lowest BCUT2D eigenvalue weighted by Gasteiger charge is -2.20. The molecule has 2 aromatic rings. The largest absolute Gasteiger partial charge is 0.497 e. The van der Waals surface area contributed by atoms with Gasteiger partial charge in [0.05, 0.1) is 25.0 Å². The fourth-order valence-corrected chi connectivity index (χ4v) is 2.38. The van der Waals surface area contributed by atoms with Crippen LogP contribution in [0, 0.1) is 0 Å². The molecule has 1 aromatic heterocycles. The van der Waals surface area contributed by atoms with Crippen LogP contribution in [0.5, 0.6) is 5.75 Å². The molecular formula is C16H24N4O. The molecule has 5 heteroatoms. The van der Waals surface area contributed by atoms with Crippen LogP contribution in [0.2, 0.25) is 0 Å². The lowest BCUT2D eigenvalue weighted by atomic mass is 10.0. The Hall–Kier alpha value is -1.88. The zero-order valence-corrected chi connectivity index (χ0v) is 13.0. The zero-order chi connectivity index (χ0) is 15.1. The molecule has 5 nitrogen and oxygen atoms in total. The Morgan fingerprint density at radius 2 is 2.14 bits per heavy atom. The van der Waals surface area contributed by atoms with Crippen molar-refractivity contribution in [2.45, 2.75) is 39.3 Å². The maximum atomic E-state index is 5.34. The van der Waals surface area contributed by atoms with Gasteiger partial charge >= 0.3 is 0 Å². The molecule has 2 rings (SSSR count). The number of hydrogen-bond donors (Lipinski definition) is 1. The van der Waals surface area contributed by atoms with Crippen molar-refractivity contribution in [2.24, 2.45) is 0 Å². The Morgan fingerprint density at radius 1 is 1.29 bits per heavy atom. The molecule has 1 unspecified atom stereocenters. The van der Waals surface area contributed by atoms with Gasteiger partial charge in [-0.1, -0.05) is 31.2 Å². The van der Waals surface area contributed by atoms with E-state index in [0.29, 0.717) is 0 Å². The molecule has 21 heavy (non-hydrogen) atoms. The zero-order valence-electron chi connectivity index (χ0n) is 13.0. The molecule has 0 bridgehead atoms. The predicted octanol–water partition coefficient (Wildman–Crippen LogP) is 2.79. The number of nitrogens with zero attached hydrogens (tertiary/aromatic N) is 3. The number of ether oxygens (including phenoxy) is 1. The van der Waals surface area contributed by atoms with E-state index in [2.05, 4.69) is 41.6 Å². The molecule has 0 saturated heterocycles. The number of methoxy groups -OCH3 is 1. The lowest BCUT2D eigenvalue weighted by molar-refractivity contribution is 0.413. The van der Waals surface area contributed by atoms with Crippen molar-refractivity contribution in [1.29, 1.82) is 0 Å². The smallest absolute Gasteiger partial charge is 0.119 e. The second kappa shape index (κ2) is 7.78. The van der Waals surface area contributed by atoms with Crippen molar-refractivity contribution in [3.63, 3.8) is 0 Å². The van der Waals surface area contributed by atoms with Crippen LogP contribution in [0.15, 0.2) is 30.5 Å². The van der Waals surface area contributed by atoms with Crippen LogP contribution < -0.4 is 10.1 Å². The van der Waals surface area contributed by atoms with E-state index in [4.69, 9.17) is 4.74 Å². The second-order valence-electron chi connectivity index (χ2n) is 5.05. The number of aryl methyl sites for hydroxylation is 1. The van der Waals surface area contributed by atoms with Crippen LogP contribution in [-0.4, -0.2) is 28.6 Å². The normalized spacial score (nSPS) is 12.3. The molecule has 1 aromatic carbocycles. The molecule has 0 spiro atoms. The Labute approximate surface area is 126 Å². The van der Waals surface area contributed by atoms with Gasteiger partial charge in [-0.3, -0.25) is 0 Å². The van der Waals surface area contributed by atoms with Crippen LogP contribution in [0.3, 0.4) is 0 Å². The summed E-state index contributed by atoms with van der Waals surface area (Å²) in [7, 11) is 1.69. The maximum absolute atomic E-state index is 5.34.